The van der Waals surface area contributed by atoms with E-state index in [1.54, 1.807) is 13.0 Å². The molecule has 8 nitrogen and oxygen atoms in total. The van der Waals surface area contributed by atoms with Crippen LogP contribution in [0.3, 0.4) is 0 Å². The summed E-state index contributed by atoms with van der Waals surface area (Å²) in [5.41, 5.74) is 1.64. The second kappa shape index (κ2) is 10.9. The van der Waals surface area contributed by atoms with E-state index in [-0.39, 0.29) is 36.6 Å². The predicted octanol–water partition coefficient (Wildman–Crippen LogP) is 3.21. The van der Waals surface area contributed by atoms with Crippen LogP contribution in [0, 0.1) is 23.0 Å². The van der Waals surface area contributed by atoms with Crippen LogP contribution in [0.25, 0.3) is 0 Å². The number of nitrogens with zero attached hydrogens (tertiary/aromatic N) is 4. The second-order valence-electron chi connectivity index (χ2n) is 7.70. The molecule has 1 aliphatic heterocycles. The quantitative estimate of drug-likeness (QED) is 0.356. The highest BCUT2D eigenvalue weighted by molar-refractivity contribution is 6.05. The van der Waals surface area contributed by atoms with Crippen molar-refractivity contribution in [3.8, 4) is 0 Å². The first-order valence-electron chi connectivity index (χ1n) is 10.5. The molecule has 2 aliphatic rings. The van der Waals surface area contributed by atoms with Gasteiger partial charge in [-0.05, 0) is 37.5 Å². The van der Waals surface area contributed by atoms with Gasteiger partial charge in [-0.15, -0.1) is 0 Å². The minimum absolute atomic E-state index is 0.154. The largest absolute Gasteiger partial charge is 0.483 e. The summed E-state index contributed by atoms with van der Waals surface area (Å²) in [4.78, 5) is 19.9. The van der Waals surface area contributed by atoms with Gasteiger partial charge in [0.15, 0.2) is 17.9 Å². The number of hydrogen-bond donors (Lipinski definition) is 2. The summed E-state index contributed by atoms with van der Waals surface area (Å²) < 4.78 is 32.1. The van der Waals surface area contributed by atoms with E-state index in [0.717, 1.165) is 25.0 Å². The molecule has 0 radical (unpaired) electrons. The van der Waals surface area contributed by atoms with Gasteiger partial charge in [-0.2, -0.15) is 10.1 Å². The topological polar surface area (TPSA) is 102 Å². The number of benzene rings is 1. The molecule has 0 aromatic heterocycles. The molecule has 1 aromatic carbocycles. The van der Waals surface area contributed by atoms with Gasteiger partial charge in [0.1, 0.15) is 0 Å². The Bertz CT molecular complexity index is 1060. The number of halogens is 2. The average molecular weight is 456 g/mol. The molecule has 33 heavy (non-hydrogen) atoms. The first kappa shape index (κ1) is 24.1. The van der Waals surface area contributed by atoms with E-state index in [9.17, 15) is 13.6 Å². The molecule has 174 valence electrons. The molecule has 0 bridgehead atoms. The standard InChI is InChI=1S/C23H26F2N6O2/c1-14(21(26)18-5-6-18)29-23(31-9-8-17(13-32)12-28-31)30-22(33-3)15(2)27-11-16-4-7-19(24)20(25)10-16/h4,7-8,10,12-13,15,18,26-27H,1,5-6,9,11H2,2-3H3/b26-21?,29-23?,30-22+. The molecule has 0 amide bonds. The maximum atomic E-state index is 13.5. The van der Waals surface area contributed by atoms with Gasteiger partial charge >= 0.3 is 0 Å². The van der Waals surface area contributed by atoms with Gasteiger partial charge in [-0.3, -0.25) is 4.79 Å². The van der Waals surface area contributed by atoms with Crippen molar-refractivity contribution < 1.29 is 18.3 Å². The van der Waals surface area contributed by atoms with E-state index in [1.165, 1.54) is 24.4 Å². The summed E-state index contributed by atoms with van der Waals surface area (Å²) in [7, 11) is 1.46. The lowest BCUT2D eigenvalue weighted by atomic mass is 10.2. The zero-order valence-electron chi connectivity index (χ0n) is 18.5. The molecule has 1 unspecified atom stereocenters. The Morgan fingerprint density at radius 2 is 2.15 bits per heavy atom. The lowest BCUT2D eigenvalue weighted by molar-refractivity contribution is -0.104. The number of methoxy groups -OCH3 is 1. The van der Waals surface area contributed by atoms with Gasteiger partial charge in [-0.25, -0.2) is 18.8 Å². The summed E-state index contributed by atoms with van der Waals surface area (Å²) in [6, 6.07) is 3.27. The Kier molecular flexibility index (Phi) is 7.94. The monoisotopic (exact) mass is 456 g/mol. The smallest absolute Gasteiger partial charge is 0.250 e. The fourth-order valence-electron chi connectivity index (χ4n) is 2.99. The van der Waals surface area contributed by atoms with E-state index in [4.69, 9.17) is 10.1 Å². The minimum Gasteiger partial charge on any atom is -0.483 e. The number of ether oxygens (including phenoxy) is 1. The number of rotatable bonds is 8. The first-order chi connectivity index (χ1) is 15.8. The number of guanidine groups is 1. The van der Waals surface area contributed by atoms with Crippen LogP contribution in [0.15, 0.2) is 57.2 Å². The summed E-state index contributed by atoms with van der Waals surface area (Å²) in [6.07, 6.45) is 5.65. The summed E-state index contributed by atoms with van der Waals surface area (Å²) in [6.45, 7) is 6.20. The van der Waals surface area contributed by atoms with Crippen molar-refractivity contribution in [1.29, 1.82) is 5.41 Å². The molecule has 0 saturated heterocycles. The Labute approximate surface area is 191 Å². The third-order valence-corrected chi connectivity index (χ3v) is 5.13. The Morgan fingerprint density at radius 1 is 1.39 bits per heavy atom. The van der Waals surface area contributed by atoms with Crippen molar-refractivity contribution in [1.82, 2.24) is 10.3 Å². The molecule has 1 aliphatic carbocycles. The maximum Gasteiger partial charge on any atom is 0.250 e. The van der Waals surface area contributed by atoms with Gasteiger partial charge in [0.2, 0.25) is 11.9 Å². The molecule has 2 N–H and O–H groups in total. The van der Waals surface area contributed by atoms with Gasteiger partial charge in [-0.1, -0.05) is 18.7 Å². The van der Waals surface area contributed by atoms with Gasteiger partial charge in [0.05, 0.1) is 37.3 Å². The fraction of sp³-hybridized carbons (Fsp3) is 0.348. The molecule has 1 aromatic rings. The summed E-state index contributed by atoms with van der Waals surface area (Å²) >= 11 is 0. The molecule has 1 fully saturated rings. The van der Waals surface area contributed by atoms with Crippen molar-refractivity contribution in [2.24, 2.45) is 21.0 Å². The zero-order chi connectivity index (χ0) is 24.0. The number of allylic oxidation sites excluding steroid dienone is 2. The van der Waals surface area contributed by atoms with E-state index in [2.05, 4.69) is 27.0 Å². The van der Waals surface area contributed by atoms with E-state index < -0.39 is 17.7 Å². The minimum atomic E-state index is -0.917. The number of nitrogens with one attached hydrogen (secondary N) is 2. The van der Waals surface area contributed by atoms with Crippen LogP contribution in [-0.4, -0.2) is 54.8 Å². The first-order valence-corrected chi connectivity index (χ1v) is 10.5. The summed E-state index contributed by atoms with van der Waals surface area (Å²) in [5.74, 6) is -1.24. The second-order valence-corrected chi connectivity index (χ2v) is 7.70. The van der Waals surface area contributed by atoms with Gasteiger partial charge in [0, 0.05) is 18.0 Å². The van der Waals surface area contributed by atoms with Crippen molar-refractivity contribution in [2.45, 2.75) is 32.4 Å². The van der Waals surface area contributed by atoms with Crippen LogP contribution in [0.2, 0.25) is 0 Å². The van der Waals surface area contributed by atoms with Gasteiger partial charge < -0.3 is 15.5 Å². The molecular weight excluding hydrogens is 430 g/mol. The highest BCUT2D eigenvalue weighted by Gasteiger charge is 2.28. The lowest BCUT2D eigenvalue weighted by Gasteiger charge is -2.21. The van der Waals surface area contributed by atoms with Crippen molar-refractivity contribution >= 4 is 30.1 Å². The van der Waals surface area contributed by atoms with Crippen LogP contribution in [0.4, 0.5) is 8.78 Å². The number of aldehydes is 1. The molecular formula is C23H26F2N6O2. The highest BCUT2D eigenvalue weighted by Crippen LogP contribution is 2.32. The lowest BCUT2D eigenvalue weighted by Crippen LogP contribution is -2.37. The van der Waals surface area contributed by atoms with Crippen LogP contribution in [0.1, 0.15) is 25.3 Å². The third kappa shape index (κ3) is 6.48. The third-order valence-electron chi connectivity index (χ3n) is 5.13. The van der Waals surface area contributed by atoms with Crippen LogP contribution in [-0.2, 0) is 16.1 Å². The molecule has 1 saturated carbocycles. The predicted molar refractivity (Wildman–Crippen MR) is 123 cm³/mol. The van der Waals surface area contributed by atoms with E-state index in [1.807, 2.05) is 0 Å². The van der Waals surface area contributed by atoms with Crippen LogP contribution >= 0.6 is 0 Å². The van der Waals surface area contributed by atoms with Crippen molar-refractivity contribution in [3.63, 3.8) is 0 Å². The Hall–Kier alpha value is -3.53. The van der Waals surface area contributed by atoms with E-state index in [0.29, 0.717) is 23.1 Å². The Morgan fingerprint density at radius 3 is 2.73 bits per heavy atom. The van der Waals surface area contributed by atoms with Gasteiger partial charge in [0.25, 0.3) is 0 Å². The normalized spacial score (nSPS) is 17.5. The fourth-order valence-corrected chi connectivity index (χ4v) is 2.99. The number of carbonyl (C=O) groups is 1. The summed E-state index contributed by atoms with van der Waals surface area (Å²) in [5, 5.41) is 17.1. The SMILES string of the molecule is C=C(N=C(/N=C(/OC)C(C)NCc1ccc(F)c(F)c1)N1CC=C(C=O)C=N1)C(=N)C1CC1. The molecule has 10 heteroatoms. The molecule has 1 heterocycles. The van der Waals surface area contributed by atoms with E-state index >= 15 is 0 Å². The average Bonchev–Trinajstić information content (AvgIpc) is 3.67. The molecule has 1 atom stereocenters. The molecule has 3 rings (SSSR count). The molecule has 0 spiro atoms. The van der Waals surface area contributed by atoms with Crippen LogP contribution in [0.5, 0.6) is 0 Å². The number of hydrazone groups is 1. The number of hydrogen-bond acceptors (Lipinski definition) is 6. The van der Waals surface area contributed by atoms with Crippen molar-refractivity contribution in [3.05, 3.63) is 59.3 Å². The Balaban J connectivity index is 1.80. The number of aliphatic imine (C=N–C) groups is 2. The zero-order valence-corrected chi connectivity index (χ0v) is 18.5. The van der Waals surface area contributed by atoms with Crippen LogP contribution < -0.4 is 5.32 Å². The highest BCUT2D eigenvalue weighted by atomic mass is 19.2. The van der Waals surface area contributed by atoms with Crippen molar-refractivity contribution in [2.75, 3.05) is 13.7 Å². The number of carbonyl (C=O) groups excluding carboxylic acids is 1. The maximum absolute atomic E-state index is 13.5.